The third kappa shape index (κ3) is 3.41. The third-order valence-corrected chi connectivity index (χ3v) is 4.78. The molecular weight excluding hydrogens is 290 g/mol. The number of piperazine rings is 1. The minimum absolute atomic E-state index is 0.0309. The van der Waals surface area contributed by atoms with Crippen LogP contribution in [0.2, 0.25) is 0 Å². The Labute approximate surface area is 128 Å². The number of aromatic nitrogens is 1. The van der Waals surface area contributed by atoms with Gasteiger partial charge in [-0.25, -0.2) is 4.98 Å². The van der Waals surface area contributed by atoms with E-state index in [2.05, 4.69) is 4.98 Å². The fourth-order valence-electron chi connectivity index (χ4n) is 2.31. The summed E-state index contributed by atoms with van der Waals surface area (Å²) in [4.78, 5) is 33.4. The number of hydrogen-bond acceptors (Lipinski definition) is 5. The summed E-state index contributed by atoms with van der Waals surface area (Å²) in [7, 11) is 1.58. The molecule has 0 radical (unpaired) electrons. The average Bonchev–Trinajstić information content (AvgIpc) is 2.76. The summed E-state index contributed by atoms with van der Waals surface area (Å²) in [5.74, 6) is -0.0691. The number of thiazole rings is 1. The molecule has 1 atom stereocenters. The zero-order valence-corrected chi connectivity index (χ0v) is 13.7. The quantitative estimate of drug-likeness (QED) is 0.813. The molecule has 1 aromatic rings. The van der Waals surface area contributed by atoms with E-state index in [4.69, 9.17) is 4.74 Å². The second kappa shape index (κ2) is 6.53. The lowest BCUT2D eigenvalue weighted by molar-refractivity contribution is -0.156. The first-order valence-corrected chi connectivity index (χ1v) is 7.75. The monoisotopic (exact) mass is 311 g/mol. The molecule has 0 bridgehead atoms. The second-order valence-corrected chi connectivity index (χ2v) is 6.49. The molecule has 116 valence electrons. The Kier molecular flexibility index (Phi) is 4.95. The molecule has 0 aromatic carbocycles. The van der Waals surface area contributed by atoms with Crippen molar-refractivity contribution in [2.24, 2.45) is 0 Å². The van der Waals surface area contributed by atoms with Gasteiger partial charge < -0.3 is 14.5 Å². The van der Waals surface area contributed by atoms with Gasteiger partial charge in [-0.1, -0.05) is 0 Å². The van der Waals surface area contributed by atoms with Crippen LogP contribution in [0, 0.1) is 13.8 Å². The van der Waals surface area contributed by atoms with Gasteiger partial charge in [-0.3, -0.25) is 9.59 Å². The van der Waals surface area contributed by atoms with E-state index in [9.17, 15) is 9.59 Å². The van der Waals surface area contributed by atoms with Crippen LogP contribution in [0.25, 0.3) is 0 Å². The molecule has 1 saturated heterocycles. The maximum Gasteiger partial charge on any atom is 0.245 e. The average molecular weight is 311 g/mol. The molecule has 0 unspecified atom stereocenters. The molecule has 6 nitrogen and oxygen atoms in total. The molecule has 7 heteroatoms. The number of hydrogen-bond donors (Lipinski definition) is 0. The van der Waals surface area contributed by atoms with Crippen molar-refractivity contribution in [1.82, 2.24) is 14.8 Å². The number of amides is 2. The van der Waals surface area contributed by atoms with Crippen molar-refractivity contribution in [1.29, 1.82) is 0 Å². The summed E-state index contributed by atoms with van der Waals surface area (Å²) < 4.78 is 4.97. The van der Waals surface area contributed by atoms with Gasteiger partial charge in [0.15, 0.2) is 0 Å². The Morgan fingerprint density at radius 3 is 2.67 bits per heavy atom. The molecule has 21 heavy (non-hydrogen) atoms. The van der Waals surface area contributed by atoms with Crippen molar-refractivity contribution in [2.75, 3.05) is 26.8 Å². The maximum atomic E-state index is 12.3. The van der Waals surface area contributed by atoms with Crippen LogP contribution in [-0.2, 0) is 20.9 Å². The molecule has 0 saturated carbocycles. The van der Waals surface area contributed by atoms with Crippen LogP contribution >= 0.6 is 11.3 Å². The van der Waals surface area contributed by atoms with E-state index in [1.807, 2.05) is 13.8 Å². The van der Waals surface area contributed by atoms with E-state index in [1.54, 1.807) is 35.2 Å². The van der Waals surface area contributed by atoms with Gasteiger partial charge in [-0.2, -0.15) is 0 Å². The molecule has 1 aliphatic rings. The predicted molar refractivity (Wildman–Crippen MR) is 80.1 cm³/mol. The van der Waals surface area contributed by atoms with E-state index in [-0.39, 0.29) is 18.4 Å². The second-order valence-electron chi connectivity index (χ2n) is 5.20. The van der Waals surface area contributed by atoms with Gasteiger partial charge in [0.2, 0.25) is 11.8 Å². The summed E-state index contributed by atoms with van der Waals surface area (Å²) in [5.41, 5.74) is 0.986. The first-order valence-electron chi connectivity index (χ1n) is 6.94. The highest BCUT2D eigenvalue weighted by molar-refractivity contribution is 7.11. The molecular formula is C14H21N3O3S. The first kappa shape index (κ1) is 15.9. The Bertz CT molecular complexity index is 524. The number of carbonyl (C=O) groups is 2. The van der Waals surface area contributed by atoms with E-state index in [1.165, 1.54) is 0 Å². The molecule has 1 aromatic heterocycles. The summed E-state index contributed by atoms with van der Waals surface area (Å²) in [5, 5.41) is 0.878. The Morgan fingerprint density at radius 1 is 1.38 bits per heavy atom. The molecule has 1 aliphatic heterocycles. The highest BCUT2D eigenvalue weighted by Crippen LogP contribution is 2.21. The topological polar surface area (TPSA) is 62.7 Å². The van der Waals surface area contributed by atoms with E-state index in [0.29, 0.717) is 19.7 Å². The van der Waals surface area contributed by atoms with Gasteiger partial charge in [-0.15, -0.1) is 11.3 Å². The molecule has 2 rings (SSSR count). The largest absolute Gasteiger partial charge is 0.383 e. The van der Waals surface area contributed by atoms with Crippen LogP contribution in [-0.4, -0.2) is 59.4 Å². The fraction of sp³-hybridized carbons (Fsp3) is 0.643. The lowest BCUT2D eigenvalue weighted by Gasteiger charge is -2.38. The first-order chi connectivity index (χ1) is 9.93. The number of aryl methyl sites for hydroxylation is 2. The lowest BCUT2D eigenvalue weighted by atomic mass is 10.1. The van der Waals surface area contributed by atoms with Gasteiger partial charge in [0.25, 0.3) is 0 Å². The highest BCUT2D eigenvalue weighted by atomic mass is 32.1. The van der Waals surface area contributed by atoms with Crippen LogP contribution in [0.1, 0.15) is 22.5 Å². The van der Waals surface area contributed by atoms with Crippen LogP contribution in [0.3, 0.4) is 0 Å². The van der Waals surface area contributed by atoms with E-state index >= 15 is 0 Å². The summed E-state index contributed by atoms with van der Waals surface area (Å²) >= 11 is 1.58. The van der Waals surface area contributed by atoms with Gasteiger partial charge in [0.05, 0.1) is 25.4 Å². The minimum atomic E-state index is -0.451. The molecule has 1 fully saturated rings. The zero-order valence-electron chi connectivity index (χ0n) is 12.9. The van der Waals surface area contributed by atoms with Gasteiger partial charge in [0, 0.05) is 18.5 Å². The van der Waals surface area contributed by atoms with Crippen LogP contribution < -0.4 is 0 Å². The number of nitrogens with zero attached hydrogens (tertiary/aromatic N) is 3. The lowest BCUT2D eigenvalue weighted by Crippen LogP contribution is -2.58. The van der Waals surface area contributed by atoms with Crippen molar-refractivity contribution >= 4 is 23.2 Å². The summed E-state index contributed by atoms with van der Waals surface area (Å²) in [6.45, 7) is 7.15. The molecule has 2 amide bonds. The SMILES string of the molecule is COCCN1CC(=O)N(Cc2nc(C)c(C)s2)[C@@H](C)C1=O. The van der Waals surface area contributed by atoms with Crippen LogP contribution in [0.5, 0.6) is 0 Å². The van der Waals surface area contributed by atoms with Crippen molar-refractivity contribution in [2.45, 2.75) is 33.4 Å². The smallest absolute Gasteiger partial charge is 0.245 e. The molecule has 0 spiro atoms. The van der Waals surface area contributed by atoms with Crippen LogP contribution in [0.15, 0.2) is 0 Å². The number of ether oxygens (including phenoxy) is 1. The Balaban J connectivity index is 2.07. The molecule has 0 aliphatic carbocycles. The van der Waals surface area contributed by atoms with Crippen molar-refractivity contribution < 1.29 is 14.3 Å². The van der Waals surface area contributed by atoms with E-state index < -0.39 is 6.04 Å². The summed E-state index contributed by atoms with van der Waals surface area (Å²) in [6, 6.07) is -0.451. The molecule has 2 heterocycles. The standard InChI is InChI=1S/C14H21N3O3S/c1-9-11(3)21-12(15-9)7-17-10(2)14(19)16(5-6-20-4)8-13(17)18/h10H,5-8H2,1-4H3/t10-/m0/s1. The van der Waals surface area contributed by atoms with Gasteiger partial charge >= 0.3 is 0 Å². The van der Waals surface area contributed by atoms with Gasteiger partial charge in [-0.05, 0) is 20.8 Å². The number of methoxy groups -OCH3 is 1. The van der Waals surface area contributed by atoms with Crippen LogP contribution in [0.4, 0.5) is 0 Å². The fourth-order valence-corrected chi connectivity index (χ4v) is 3.25. The normalized spacial score (nSPS) is 19.5. The van der Waals surface area contributed by atoms with Crippen molar-refractivity contribution in [3.05, 3.63) is 15.6 Å². The van der Waals surface area contributed by atoms with Gasteiger partial charge in [0.1, 0.15) is 11.0 Å². The Hall–Kier alpha value is -1.47. The summed E-state index contributed by atoms with van der Waals surface area (Å²) in [6.07, 6.45) is 0. The predicted octanol–water partition coefficient (Wildman–Crippen LogP) is 0.966. The highest BCUT2D eigenvalue weighted by Gasteiger charge is 2.36. The molecule has 0 N–H and O–H groups in total. The zero-order chi connectivity index (χ0) is 15.6. The third-order valence-electron chi connectivity index (χ3n) is 3.73. The maximum absolute atomic E-state index is 12.3. The number of rotatable bonds is 5. The van der Waals surface area contributed by atoms with Crippen molar-refractivity contribution in [3.63, 3.8) is 0 Å². The number of carbonyl (C=O) groups excluding carboxylic acids is 2. The van der Waals surface area contributed by atoms with E-state index in [0.717, 1.165) is 15.6 Å². The Morgan fingerprint density at radius 2 is 2.10 bits per heavy atom. The van der Waals surface area contributed by atoms with Crippen molar-refractivity contribution in [3.8, 4) is 0 Å². The minimum Gasteiger partial charge on any atom is -0.383 e.